The molecule has 0 heterocycles. The molecular formula is C9H14Zn. The molecule has 1 aromatic carbocycles. The first kappa shape index (κ1) is 16.4. The van der Waals surface area contributed by atoms with Gasteiger partial charge in [0.25, 0.3) is 0 Å². The van der Waals surface area contributed by atoms with E-state index in [1.165, 1.54) is 5.56 Å². The molecule has 0 saturated carbocycles. The summed E-state index contributed by atoms with van der Waals surface area (Å²) in [5, 5.41) is 0. The van der Waals surface area contributed by atoms with Gasteiger partial charge >= 0.3 is 19.5 Å². The van der Waals surface area contributed by atoms with E-state index in [-0.39, 0.29) is 34.3 Å². The Hall–Kier alpha value is -0.157. The molecule has 0 nitrogen and oxygen atoms in total. The van der Waals surface area contributed by atoms with Crippen LogP contribution in [0.15, 0.2) is 30.3 Å². The van der Waals surface area contributed by atoms with Gasteiger partial charge in [0.05, 0.1) is 0 Å². The maximum Gasteiger partial charge on any atom is 2.00 e. The molecule has 0 fully saturated rings. The molecule has 0 radical (unpaired) electrons. The van der Waals surface area contributed by atoms with E-state index in [4.69, 9.17) is 0 Å². The van der Waals surface area contributed by atoms with Crippen molar-refractivity contribution in [1.29, 1.82) is 0 Å². The van der Waals surface area contributed by atoms with E-state index < -0.39 is 0 Å². The predicted octanol–water partition coefficient (Wildman–Crippen LogP) is 2.89. The summed E-state index contributed by atoms with van der Waals surface area (Å²) < 4.78 is 0. The van der Waals surface area contributed by atoms with Crippen molar-refractivity contribution >= 4 is 0 Å². The van der Waals surface area contributed by atoms with E-state index in [0.717, 1.165) is 0 Å². The van der Waals surface area contributed by atoms with Crippen molar-refractivity contribution in [2.45, 2.75) is 6.92 Å². The summed E-state index contributed by atoms with van der Waals surface area (Å²) in [6, 6.07) is 10.3. The fourth-order valence-electron chi connectivity index (χ4n) is 0.534. The zero-order valence-electron chi connectivity index (χ0n) is 7.09. The van der Waals surface area contributed by atoms with Crippen LogP contribution in [-0.4, -0.2) is 0 Å². The minimum absolute atomic E-state index is 0. The van der Waals surface area contributed by atoms with Gasteiger partial charge in [0.2, 0.25) is 0 Å². The van der Waals surface area contributed by atoms with E-state index in [9.17, 15) is 0 Å². The molecule has 0 aliphatic heterocycles. The Labute approximate surface area is 77.4 Å². The van der Waals surface area contributed by atoms with Gasteiger partial charge in [-0.3, -0.25) is 0 Å². The Kier molecular flexibility index (Phi) is 14.5. The molecule has 0 saturated heterocycles. The molecule has 1 heteroatoms. The standard InChI is InChI=1S/C7H8.2CH3.Zn/c1-7-5-3-2-4-6-7;;;/h2-6H,1H3;2*1H3;/q;2*-1;+2. The Bertz CT molecular complexity index is 135. The maximum atomic E-state index is 2.08. The number of benzene rings is 1. The summed E-state index contributed by atoms with van der Waals surface area (Å²) >= 11 is 0. The van der Waals surface area contributed by atoms with Crippen molar-refractivity contribution in [3.05, 3.63) is 50.7 Å². The minimum atomic E-state index is 0. The van der Waals surface area contributed by atoms with Crippen LogP contribution in [-0.2, 0) is 19.5 Å². The van der Waals surface area contributed by atoms with E-state index in [2.05, 4.69) is 19.1 Å². The third-order valence-corrected chi connectivity index (χ3v) is 0.940. The topological polar surface area (TPSA) is 0 Å². The van der Waals surface area contributed by atoms with Crippen molar-refractivity contribution in [2.24, 2.45) is 0 Å². The van der Waals surface area contributed by atoms with E-state index in [0.29, 0.717) is 0 Å². The van der Waals surface area contributed by atoms with Crippen LogP contribution in [0.2, 0.25) is 0 Å². The monoisotopic (exact) mass is 186 g/mol. The molecule has 0 spiro atoms. The van der Waals surface area contributed by atoms with Crippen LogP contribution in [0.1, 0.15) is 5.56 Å². The maximum absolute atomic E-state index is 2.08. The van der Waals surface area contributed by atoms with Gasteiger partial charge in [-0.15, -0.1) is 0 Å². The number of aryl methyl sites for hydroxylation is 1. The van der Waals surface area contributed by atoms with E-state index >= 15 is 0 Å². The van der Waals surface area contributed by atoms with Gasteiger partial charge in [0.15, 0.2) is 0 Å². The molecule has 0 bridgehead atoms. The summed E-state index contributed by atoms with van der Waals surface area (Å²) in [5.41, 5.74) is 1.32. The Morgan fingerprint density at radius 1 is 0.900 bits per heavy atom. The fourth-order valence-corrected chi connectivity index (χ4v) is 0.534. The third-order valence-electron chi connectivity index (χ3n) is 0.940. The van der Waals surface area contributed by atoms with Gasteiger partial charge in [-0.25, -0.2) is 0 Å². The summed E-state index contributed by atoms with van der Waals surface area (Å²) in [6.45, 7) is 2.08. The van der Waals surface area contributed by atoms with Crippen LogP contribution in [0.4, 0.5) is 0 Å². The van der Waals surface area contributed by atoms with Crippen LogP contribution in [0.5, 0.6) is 0 Å². The Morgan fingerprint density at radius 3 is 1.50 bits per heavy atom. The van der Waals surface area contributed by atoms with Gasteiger partial charge in [0.1, 0.15) is 0 Å². The number of rotatable bonds is 0. The summed E-state index contributed by atoms with van der Waals surface area (Å²) in [7, 11) is 0. The van der Waals surface area contributed by atoms with Crippen LogP contribution in [0.25, 0.3) is 0 Å². The number of hydrogen-bond donors (Lipinski definition) is 0. The second-order valence-corrected chi connectivity index (χ2v) is 1.65. The molecule has 1 aromatic rings. The Balaban J connectivity index is -0.000000163. The molecule has 0 aliphatic carbocycles. The quantitative estimate of drug-likeness (QED) is 0.433. The molecule has 0 amide bonds. The van der Waals surface area contributed by atoms with Crippen LogP contribution in [0.3, 0.4) is 0 Å². The zero-order valence-corrected chi connectivity index (χ0v) is 10.1. The average molecular weight is 188 g/mol. The van der Waals surface area contributed by atoms with E-state index in [1.54, 1.807) is 0 Å². The first-order valence-corrected chi connectivity index (χ1v) is 2.41. The molecule has 0 unspecified atom stereocenters. The molecule has 52 valence electrons. The molecule has 0 aliphatic rings. The second kappa shape index (κ2) is 8.84. The summed E-state index contributed by atoms with van der Waals surface area (Å²) in [4.78, 5) is 0. The van der Waals surface area contributed by atoms with Crippen LogP contribution < -0.4 is 0 Å². The van der Waals surface area contributed by atoms with Crippen molar-refractivity contribution in [1.82, 2.24) is 0 Å². The largest absolute Gasteiger partial charge is 2.00 e. The van der Waals surface area contributed by atoms with Gasteiger partial charge in [-0.2, -0.15) is 0 Å². The normalized spacial score (nSPS) is 6.10. The molecule has 0 atom stereocenters. The molecule has 10 heavy (non-hydrogen) atoms. The van der Waals surface area contributed by atoms with Gasteiger partial charge in [-0.05, 0) is 6.92 Å². The number of hydrogen-bond acceptors (Lipinski definition) is 0. The molecule has 1 rings (SSSR count). The van der Waals surface area contributed by atoms with Crippen molar-refractivity contribution in [3.8, 4) is 0 Å². The van der Waals surface area contributed by atoms with Gasteiger partial charge < -0.3 is 14.9 Å². The molecular weight excluding hydrogens is 173 g/mol. The zero-order chi connectivity index (χ0) is 5.11. The minimum Gasteiger partial charge on any atom is -0.358 e. The molecule has 0 aromatic heterocycles. The average Bonchev–Trinajstić information content (AvgIpc) is 1.69. The van der Waals surface area contributed by atoms with Crippen LogP contribution >= 0.6 is 0 Å². The van der Waals surface area contributed by atoms with Crippen molar-refractivity contribution < 1.29 is 19.5 Å². The fraction of sp³-hybridized carbons (Fsp3) is 0.111. The smallest absolute Gasteiger partial charge is 0.358 e. The summed E-state index contributed by atoms with van der Waals surface area (Å²) in [5.74, 6) is 0. The van der Waals surface area contributed by atoms with Crippen molar-refractivity contribution in [3.63, 3.8) is 0 Å². The summed E-state index contributed by atoms with van der Waals surface area (Å²) in [6.07, 6.45) is 0. The van der Waals surface area contributed by atoms with Gasteiger partial charge in [-0.1, -0.05) is 35.9 Å². The SMILES string of the molecule is Cc1ccccc1.[CH3-].[CH3-].[Zn+2]. The Morgan fingerprint density at radius 2 is 1.30 bits per heavy atom. The molecule has 0 N–H and O–H groups in total. The van der Waals surface area contributed by atoms with E-state index in [1.807, 2.05) is 18.2 Å². The van der Waals surface area contributed by atoms with Crippen LogP contribution in [0, 0.1) is 21.8 Å². The second-order valence-electron chi connectivity index (χ2n) is 1.65. The predicted molar refractivity (Wildman–Crippen MR) is 44.0 cm³/mol. The first-order chi connectivity index (χ1) is 3.39. The van der Waals surface area contributed by atoms with Gasteiger partial charge in [0, 0.05) is 0 Å². The third kappa shape index (κ3) is 5.97. The van der Waals surface area contributed by atoms with Crippen molar-refractivity contribution in [2.75, 3.05) is 0 Å². The first-order valence-electron chi connectivity index (χ1n) is 2.41.